The normalized spacial score (nSPS) is 11.6. The zero-order valence-corrected chi connectivity index (χ0v) is 7.97. The Bertz CT molecular complexity index is 374. The maximum absolute atomic E-state index is 12.8. The Kier molecular flexibility index (Phi) is 3.12. The lowest BCUT2D eigenvalue weighted by Crippen LogP contribution is -1.89. The van der Waals surface area contributed by atoms with Crippen molar-refractivity contribution in [2.24, 2.45) is 0 Å². The standard InChI is InChI=1S/C11H10F2O/c1-7(3-8(2)14)9-4-10(12)6-11(13)5-9/h3-6H,1-2H3/b7-3-. The molecule has 0 atom stereocenters. The third-order valence-electron chi connectivity index (χ3n) is 1.74. The molecule has 0 N–H and O–H groups in total. The molecule has 0 fully saturated rings. The highest BCUT2D eigenvalue weighted by Crippen LogP contribution is 2.16. The summed E-state index contributed by atoms with van der Waals surface area (Å²) >= 11 is 0. The van der Waals surface area contributed by atoms with Crippen LogP contribution in [0, 0.1) is 11.6 Å². The van der Waals surface area contributed by atoms with Crippen molar-refractivity contribution < 1.29 is 13.6 Å². The highest BCUT2D eigenvalue weighted by Gasteiger charge is 2.02. The first kappa shape index (κ1) is 10.6. The number of carbonyl (C=O) groups is 1. The van der Waals surface area contributed by atoms with Gasteiger partial charge < -0.3 is 0 Å². The van der Waals surface area contributed by atoms with E-state index in [-0.39, 0.29) is 5.78 Å². The quantitative estimate of drug-likeness (QED) is 0.664. The Morgan fingerprint density at radius 1 is 1.14 bits per heavy atom. The molecule has 0 saturated carbocycles. The Labute approximate surface area is 81.1 Å². The van der Waals surface area contributed by atoms with Crippen molar-refractivity contribution in [1.29, 1.82) is 0 Å². The van der Waals surface area contributed by atoms with Gasteiger partial charge >= 0.3 is 0 Å². The van der Waals surface area contributed by atoms with Crippen molar-refractivity contribution in [3.05, 3.63) is 41.5 Å². The maximum Gasteiger partial charge on any atom is 0.152 e. The van der Waals surface area contributed by atoms with Crippen molar-refractivity contribution in [3.8, 4) is 0 Å². The van der Waals surface area contributed by atoms with Crippen LogP contribution < -0.4 is 0 Å². The predicted molar refractivity (Wildman–Crippen MR) is 50.7 cm³/mol. The zero-order valence-electron chi connectivity index (χ0n) is 7.97. The monoisotopic (exact) mass is 196 g/mol. The van der Waals surface area contributed by atoms with Crippen LogP contribution in [0.25, 0.3) is 5.57 Å². The maximum atomic E-state index is 12.8. The van der Waals surface area contributed by atoms with Crippen LogP contribution in [-0.2, 0) is 4.79 Å². The highest BCUT2D eigenvalue weighted by atomic mass is 19.1. The molecule has 0 radical (unpaired) electrons. The SMILES string of the molecule is CC(=O)/C=C(/C)c1cc(F)cc(F)c1. The molecular formula is C11H10F2O. The van der Waals surface area contributed by atoms with Gasteiger partial charge in [0.1, 0.15) is 11.6 Å². The van der Waals surface area contributed by atoms with Gasteiger partial charge in [0.2, 0.25) is 0 Å². The zero-order chi connectivity index (χ0) is 10.7. The van der Waals surface area contributed by atoms with Crippen molar-refractivity contribution >= 4 is 11.4 Å². The molecule has 74 valence electrons. The molecule has 0 amide bonds. The number of benzene rings is 1. The van der Waals surface area contributed by atoms with Crippen molar-refractivity contribution in [2.45, 2.75) is 13.8 Å². The lowest BCUT2D eigenvalue weighted by molar-refractivity contribution is -0.112. The Morgan fingerprint density at radius 3 is 2.07 bits per heavy atom. The minimum absolute atomic E-state index is 0.146. The van der Waals surface area contributed by atoms with Gasteiger partial charge in [-0.1, -0.05) is 0 Å². The van der Waals surface area contributed by atoms with Crippen LogP contribution >= 0.6 is 0 Å². The fourth-order valence-corrected chi connectivity index (χ4v) is 1.17. The average molecular weight is 196 g/mol. The van der Waals surface area contributed by atoms with Gasteiger partial charge in [0.05, 0.1) is 0 Å². The molecule has 3 heteroatoms. The van der Waals surface area contributed by atoms with Crippen LogP contribution in [-0.4, -0.2) is 5.78 Å². The Balaban J connectivity index is 3.13. The van der Waals surface area contributed by atoms with Gasteiger partial charge in [-0.25, -0.2) is 8.78 Å². The molecule has 0 aromatic heterocycles. The van der Waals surface area contributed by atoms with E-state index in [0.717, 1.165) is 6.07 Å². The van der Waals surface area contributed by atoms with E-state index in [9.17, 15) is 13.6 Å². The minimum Gasteiger partial charge on any atom is -0.295 e. The fraction of sp³-hybridized carbons (Fsp3) is 0.182. The van der Waals surface area contributed by atoms with E-state index in [0.29, 0.717) is 11.1 Å². The smallest absolute Gasteiger partial charge is 0.152 e. The highest BCUT2D eigenvalue weighted by molar-refractivity contribution is 5.94. The van der Waals surface area contributed by atoms with Crippen LogP contribution in [0.15, 0.2) is 24.3 Å². The number of allylic oxidation sites excluding steroid dienone is 2. The number of hydrogen-bond donors (Lipinski definition) is 0. The second-order valence-corrected chi connectivity index (χ2v) is 3.10. The molecule has 1 aromatic carbocycles. The summed E-state index contributed by atoms with van der Waals surface area (Å²) in [4.78, 5) is 10.7. The van der Waals surface area contributed by atoms with Gasteiger partial charge in [0.15, 0.2) is 5.78 Å². The second kappa shape index (κ2) is 4.13. The minimum atomic E-state index is -0.642. The van der Waals surface area contributed by atoms with Crippen LogP contribution in [0.5, 0.6) is 0 Å². The summed E-state index contributed by atoms with van der Waals surface area (Å²) in [6.45, 7) is 3.02. The summed E-state index contributed by atoms with van der Waals surface area (Å²) in [6, 6.07) is 3.18. The summed E-state index contributed by atoms with van der Waals surface area (Å²) in [6.07, 6.45) is 1.34. The summed E-state index contributed by atoms with van der Waals surface area (Å²) in [5.74, 6) is -1.43. The number of carbonyl (C=O) groups excluding carboxylic acids is 1. The van der Waals surface area contributed by atoms with Crippen molar-refractivity contribution in [2.75, 3.05) is 0 Å². The van der Waals surface area contributed by atoms with E-state index in [1.807, 2.05) is 0 Å². The summed E-state index contributed by atoms with van der Waals surface area (Å²) in [7, 11) is 0. The molecule has 0 unspecified atom stereocenters. The lowest BCUT2D eigenvalue weighted by atomic mass is 10.1. The van der Waals surface area contributed by atoms with E-state index < -0.39 is 11.6 Å². The summed E-state index contributed by atoms with van der Waals surface area (Å²) in [5.41, 5.74) is 0.939. The lowest BCUT2D eigenvalue weighted by Gasteiger charge is -2.01. The Hall–Kier alpha value is -1.51. The first-order chi connectivity index (χ1) is 6.49. The van der Waals surface area contributed by atoms with Gasteiger partial charge in [0.25, 0.3) is 0 Å². The van der Waals surface area contributed by atoms with E-state index in [1.165, 1.54) is 25.1 Å². The van der Waals surface area contributed by atoms with Gasteiger partial charge in [-0.05, 0) is 43.2 Å². The molecule has 0 aliphatic rings. The second-order valence-electron chi connectivity index (χ2n) is 3.10. The topological polar surface area (TPSA) is 17.1 Å². The molecule has 1 rings (SSSR count). The van der Waals surface area contributed by atoms with Gasteiger partial charge in [-0.15, -0.1) is 0 Å². The van der Waals surface area contributed by atoms with Gasteiger partial charge in [0, 0.05) is 6.07 Å². The number of halogens is 2. The average Bonchev–Trinajstić information content (AvgIpc) is 2.00. The third kappa shape index (κ3) is 2.76. The molecule has 14 heavy (non-hydrogen) atoms. The molecule has 0 aliphatic carbocycles. The van der Waals surface area contributed by atoms with Gasteiger partial charge in [-0.2, -0.15) is 0 Å². The number of hydrogen-bond acceptors (Lipinski definition) is 1. The van der Waals surface area contributed by atoms with Crippen LogP contribution in [0.1, 0.15) is 19.4 Å². The molecule has 0 heterocycles. The predicted octanol–water partition coefficient (Wildman–Crippen LogP) is 2.96. The molecular weight excluding hydrogens is 186 g/mol. The van der Waals surface area contributed by atoms with Crippen molar-refractivity contribution in [1.82, 2.24) is 0 Å². The van der Waals surface area contributed by atoms with E-state index in [4.69, 9.17) is 0 Å². The van der Waals surface area contributed by atoms with Crippen LogP contribution in [0.3, 0.4) is 0 Å². The number of ketones is 1. The fourth-order valence-electron chi connectivity index (χ4n) is 1.17. The molecule has 1 aromatic rings. The van der Waals surface area contributed by atoms with E-state index >= 15 is 0 Å². The van der Waals surface area contributed by atoms with Gasteiger partial charge in [-0.3, -0.25) is 4.79 Å². The molecule has 0 saturated heterocycles. The molecule has 0 aliphatic heterocycles. The first-order valence-electron chi connectivity index (χ1n) is 4.14. The van der Waals surface area contributed by atoms with E-state index in [1.54, 1.807) is 6.92 Å². The van der Waals surface area contributed by atoms with Crippen LogP contribution in [0.2, 0.25) is 0 Å². The molecule has 0 spiro atoms. The van der Waals surface area contributed by atoms with E-state index in [2.05, 4.69) is 0 Å². The third-order valence-corrected chi connectivity index (χ3v) is 1.74. The summed E-state index contributed by atoms with van der Waals surface area (Å²) in [5, 5.41) is 0. The summed E-state index contributed by atoms with van der Waals surface area (Å²) < 4.78 is 25.5. The van der Waals surface area contributed by atoms with Crippen LogP contribution in [0.4, 0.5) is 8.78 Å². The largest absolute Gasteiger partial charge is 0.295 e. The number of rotatable bonds is 2. The molecule has 1 nitrogen and oxygen atoms in total. The Morgan fingerprint density at radius 2 is 1.64 bits per heavy atom. The first-order valence-corrected chi connectivity index (χ1v) is 4.14. The molecule has 0 bridgehead atoms. The van der Waals surface area contributed by atoms with Crippen molar-refractivity contribution in [3.63, 3.8) is 0 Å².